The summed E-state index contributed by atoms with van der Waals surface area (Å²) >= 11 is 5.85. The maximum atomic E-state index is 13.5. The molecule has 0 fully saturated rings. The standard InChI is InChI=1S/C14H8ClF3O/c1-7-2-3-8(4-10(7)15)14(19)13-11(17)5-9(16)6-12(13)18/h2-6H,1H3. The first kappa shape index (κ1) is 13.6. The second-order valence-corrected chi connectivity index (χ2v) is 4.44. The van der Waals surface area contributed by atoms with E-state index in [1.807, 2.05) is 0 Å². The average molecular weight is 285 g/mol. The number of aryl methyl sites for hydroxylation is 1. The Morgan fingerprint density at radius 2 is 1.63 bits per heavy atom. The van der Waals surface area contributed by atoms with Gasteiger partial charge in [-0.3, -0.25) is 4.79 Å². The van der Waals surface area contributed by atoms with E-state index in [4.69, 9.17) is 11.6 Å². The fraction of sp³-hybridized carbons (Fsp3) is 0.0714. The van der Waals surface area contributed by atoms with Gasteiger partial charge in [0.2, 0.25) is 0 Å². The number of benzene rings is 2. The topological polar surface area (TPSA) is 17.1 Å². The van der Waals surface area contributed by atoms with Gasteiger partial charge in [-0.05, 0) is 18.6 Å². The Hall–Kier alpha value is -1.81. The van der Waals surface area contributed by atoms with Gasteiger partial charge in [-0.25, -0.2) is 13.2 Å². The summed E-state index contributed by atoms with van der Waals surface area (Å²) in [6.07, 6.45) is 0. The van der Waals surface area contributed by atoms with Gasteiger partial charge >= 0.3 is 0 Å². The molecule has 0 aliphatic carbocycles. The van der Waals surface area contributed by atoms with Crippen molar-refractivity contribution in [3.05, 3.63) is 69.5 Å². The quantitative estimate of drug-likeness (QED) is 0.752. The lowest BCUT2D eigenvalue weighted by atomic mass is 10.0. The molecule has 98 valence electrons. The molecule has 19 heavy (non-hydrogen) atoms. The molecule has 0 aromatic heterocycles. The van der Waals surface area contributed by atoms with Crippen LogP contribution >= 0.6 is 11.6 Å². The summed E-state index contributed by atoms with van der Waals surface area (Å²) in [5.41, 5.74) is -0.0143. The Bertz CT molecular complexity index is 645. The van der Waals surface area contributed by atoms with Crippen LogP contribution in [0.4, 0.5) is 13.2 Å². The van der Waals surface area contributed by atoms with E-state index in [1.165, 1.54) is 12.1 Å². The smallest absolute Gasteiger partial charge is 0.198 e. The Balaban J connectivity index is 2.53. The summed E-state index contributed by atoms with van der Waals surface area (Å²) in [6, 6.07) is 5.22. The minimum Gasteiger partial charge on any atom is -0.288 e. The van der Waals surface area contributed by atoms with E-state index in [-0.39, 0.29) is 5.56 Å². The van der Waals surface area contributed by atoms with Gasteiger partial charge in [-0.1, -0.05) is 23.7 Å². The Morgan fingerprint density at radius 3 is 2.16 bits per heavy atom. The minimum atomic E-state index is -1.24. The van der Waals surface area contributed by atoms with Crippen molar-refractivity contribution in [2.24, 2.45) is 0 Å². The maximum Gasteiger partial charge on any atom is 0.198 e. The Morgan fingerprint density at radius 1 is 1.05 bits per heavy atom. The molecule has 5 heteroatoms. The number of ketones is 1. The summed E-state index contributed by atoms with van der Waals surface area (Å²) in [5.74, 6) is -4.43. The molecule has 2 aromatic carbocycles. The molecule has 2 rings (SSSR count). The molecular weight excluding hydrogens is 277 g/mol. The molecule has 0 saturated heterocycles. The summed E-state index contributed by atoms with van der Waals surface area (Å²) in [5, 5.41) is 0.314. The van der Waals surface area contributed by atoms with Crippen molar-refractivity contribution < 1.29 is 18.0 Å². The predicted octanol–water partition coefficient (Wildman–Crippen LogP) is 4.30. The van der Waals surface area contributed by atoms with Crippen LogP contribution in [-0.4, -0.2) is 5.78 Å². The normalized spacial score (nSPS) is 10.6. The van der Waals surface area contributed by atoms with Crippen molar-refractivity contribution in [3.63, 3.8) is 0 Å². The molecule has 0 N–H and O–H groups in total. The van der Waals surface area contributed by atoms with E-state index in [9.17, 15) is 18.0 Å². The highest BCUT2D eigenvalue weighted by molar-refractivity contribution is 6.31. The molecule has 1 nitrogen and oxygen atoms in total. The van der Waals surface area contributed by atoms with E-state index in [0.29, 0.717) is 17.2 Å². The largest absolute Gasteiger partial charge is 0.288 e. The summed E-state index contributed by atoms with van der Waals surface area (Å²) in [6.45, 7) is 1.73. The highest BCUT2D eigenvalue weighted by Gasteiger charge is 2.20. The number of hydrogen-bond acceptors (Lipinski definition) is 1. The van der Waals surface area contributed by atoms with Crippen LogP contribution in [0.2, 0.25) is 5.02 Å². The maximum absolute atomic E-state index is 13.5. The van der Waals surface area contributed by atoms with Crippen LogP contribution in [0.3, 0.4) is 0 Å². The van der Waals surface area contributed by atoms with Crippen LogP contribution in [0.25, 0.3) is 0 Å². The zero-order chi connectivity index (χ0) is 14.2. The fourth-order valence-electron chi connectivity index (χ4n) is 1.64. The third kappa shape index (κ3) is 2.63. The van der Waals surface area contributed by atoms with Gasteiger partial charge in [0.1, 0.15) is 17.5 Å². The third-order valence-electron chi connectivity index (χ3n) is 2.67. The number of halogens is 4. The molecule has 0 aliphatic heterocycles. The molecule has 0 aliphatic rings. The molecular formula is C14H8ClF3O. The van der Waals surface area contributed by atoms with Crippen LogP contribution in [0, 0.1) is 24.4 Å². The van der Waals surface area contributed by atoms with Crippen molar-refractivity contribution in [1.29, 1.82) is 0 Å². The third-order valence-corrected chi connectivity index (χ3v) is 3.08. The van der Waals surface area contributed by atoms with Gasteiger partial charge in [0.15, 0.2) is 5.78 Å². The van der Waals surface area contributed by atoms with E-state index in [0.717, 1.165) is 5.56 Å². The van der Waals surface area contributed by atoms with Gasteiger partial charge in [0.25, 0.3) is 0 Å². The number of carbonyl (C=O) groups is 1. The number of hydrogen-bond donors (Lipinski definition) is 0. The highest BCUT2D eigenvalue weighted by Crippen LogP contribution is 2.22. The molecule has 0 bridgehead atoms. The SMILES string of the molecule is Cc1ccc(C(=O)c2c(F)cc(F)cc2F)cc1Cl. The summed E-state index contributed by atoms with van der Waals surface area (Å²) in [7, 11) is 0. The lowest BCUT2D eigenvalue weighted by Crippen LogP contribution is -2.08. The van der Waals surface area contributed by atoms with Gasteiger partial charge in [-0.2, -0.15) is 0 Å². The molecule has 0 unspecified atom stereocenters. The minimum absolute atomic E-state index is 0.0417. The van der Waals surface area contributed by atoms with Crippen molar-refractivity contribution in [2.75, 3.05) is 0 Å². The molecule has 0 radical (unpaired) electrons. The highest BCUT2D eigenvalue weighted by atomic mass is 35.5. The molecule has 0 spiro atoms. The average Bonchev–Trinajstić information content (AvgIpc) is 2.31. The van der Waals surface area contributed by atoms with Gasteiger partial charge in [0.05, 0.1) is 5.56 Å². The lowest BCUT2D eigenvalue weighted by molar-refractivity contribution is 0.103. The first-order valence-electron chi connectivity index (χ1n) is 5.35. The van der Waals surface area contributed by atoms with Crippen LogP contribution < -0.4 is 0 Å². The van der Waals surface area contributed by atoms with Crippen molar-refractivity contribution in [3.8, 4) is 0 Å². The monoisotopic (exact) mass is 284 g/mol. The Labute approximate surface area is 112 Å². The second-order valence-electron chi connectivity index (χ2n) is 4.04. The predicted molar refractivity (Wildman–Crippen MR) is 65.9 cm³/mol. The fourth-order valence-corrected chi connectivity index (χ4v) is 1.82. The summed E-state index contributed by atoms with van der Waals surface area (Å²) < 4.78 is 39.8. The van der Waals surface area contributed by atoms with Crippen molar-refractivity contribution in [1.82, 2.24) is 0 Å². The summed E-state index contributed by atoms with van der Waals surface area (Å²) in [4.78, 5) is 12.0. The van der Waals surface area contributed by atoms with Crippen LogP contribution in [0.1, 0.15) is 21.5 Å². The first-order valence-corrected chi connectivity index (χ1v) is 5.73. The van der Waals surface area contributed by atoms with E-state index >= 15 is 0 Å². The molecule has 0 saturated carbocycles. The number of rotatable bonds is 2. The molecule has 0 heterocycles. The van der Waals surface area contributed by atoms with Crippen LogP contribution in [0.5, 0.6) is 0 Å². The van der Waals surface area contributed by atoms with Gasteiger partial charge < -0.3 is 0 Å². The van der Waals surface area contributed by atoms with Gasteiger partial charge in [0, 0.05) is 22.7 Å². The van der Waals surface area contributed by atoms with Crippen molar-refractivity contribution >= 4 is 17.4 Å². The lowest BCUT2D eigenvalue weighted by Gasteiger charge is -2.06. The van der Waals surface area contributed by atoms with Crippen LogP contribution in [0.15, 0.2) is 30.3 Å². The van der Waals surface area contributed by atoms with E-state index in [1.54, 1.807) is 13.0 Å². The molecule has 0 amide bonds. The van der Waals surface area contributed by atoms with Crippen molar-refractivity contribution in [2.45, 2.75) is 6.92 Å². The second kappa shape index (κ2) is 5.05. The van der Waals surface area contributed by atoms with Gasteiger partial charge in [-0.15, -0.1) is 0 Å². The zero-order valence-corrected chi connectivity index (χ0v) is 10.6. The first-order chi connectivity index (χ1) is 8.90. The Kier molecular flexibility index (Phi) is 3.62. The molecule has 2 aromatic rings. The number of carbonyl (C=O) groups excluding carboxylic acids is 1. The van der Waals surface area contributed by atoms with E-state index < -0.39 is 28.8 Å². The zero-order valence-electron chi connectivity index (χ0n) is 9.81. The van der Waals surface area contributed by atoms with Crippen LogP contribution in [-0.2, 0) is 0 Å². The van der Waals surface area contributed by atoms with E-state index in [2.05, 4.69) is 0 Å². The molecule has 0 atom stereocenters.